The van der Waals surface area contributed by atoms with Crippen LogP contribution in [0.15, 0.2) is 40.8 Å². The van der Waals surface area contributed by atoms with Crippen LogP contribution in [0.1, 0.15) is 41.8 Å². The molecule has 1 heterocycles. The molecule has 2 aromatic rings. The van der Waals surface area contributed by atoms with E-state index in [0.717, 1.165) is 17.1 Å². The maximum absolute atomic E-state index is 12.0. The first kappa shape index (κ1) is 14.2. The van der Waals surface area contributed by atoms with Crippen molar-refractivity contribution in [1.82, 2.24) is 5.32 Å². The maximum atomic E-state index is 12.0. The van der Waals surface area contributed by atoms with Gasteiger partial charge in [-0.05, 0) is 50.6 Å². The van der Waals surface area contributed by atoms with Crippen LogP contribution in [0, 0.1) is 6.92 Å². The van der Waals surface area contributed by atoms with Gasteiger partial charge in [0.15, 0.2) is 5.76 Å². The normalized spacial score (nSPS) is 11.9. The summed E-state index contributed by atoms with van der Waals surface area (Å²) in [5.41, 5.74) is 1.02. The molecule has 1 aromatic carbocycles. The SMILES string of the molecule is CCOc1ccc([C@@H](C)NC(=O)c2ccc(C)o2)cc1. The summed E-state index contributed by atoms with van der Waals surface area (Å²) in [6.07, 6.45) is 0. The van der Waals surface area contributed by atoms with Gasteiger partial charge in [0.1, 0.15) is 11.5 Å². The lowest BCUT2D eigenvalue weighted by molar-refractivity contribution is 0.0910. The summed E-state index contributed by atoms with van der Waals surface area (Å²) < 4.78 is 10.7. The summed E-state index contributed by atoms with van der Waals surface area (Å²) in [6, 6.07) is 11.1. The second-order valence-corrected chi connectivity index (χ2v) is 4.61. The number of carbonyl (C=O) groups is 1. The van der Waals surface area contributed by atoms with Crippen LogP contribution in [0.3, 0.4) is 0 Å². The molecule has 20 heavy (non-hydrogen) atoms. The standard InChI is InChI=1S/C16H19NO3/c1-4-19-14-8-6-13(7-9-14)12(3)17-16(18)15-10-5-11(2)20-15/h5-10,12H,4H2,1-3H3,(H,17,18)/t12-/m1/s1. The number of carbonyl (C=O) groups excluding carboxylic acids is 1. The zero-order valence-corrected chi connectivity index (χ0v) is 12.0. The molecule has 1 N–H and O–H groups in total. The molecule has 1 amide bonds. The number of furan rings is 1. The Balaban J connectivity index is 2.00. The van der Waals surface area contributed by atoms with Gasteiger partial charge in [-0.25, -0.2) is 0 Å². The van der Waals surface area contributed by atoms with E-state index in [1.807, 2.05) is 45.0 Å². The molecule has 0 aliphatic heterocycles. The molecular formula is C16H19NO3. The Morgan fingerprint density at radius 2 is 1.95 bits per heavy atom. The fourth-order valence-electron chi connectivity index (χ4n) is 1.93. The Hall–Kier alpha value is -2.23. The Kier molecular flexibility index (Phi) is 4.45. The minimum atomic E-state index is -0.209. The molecule has 0 saturated carbocycles. The van der Waals surface area contributed by atoms with Gasteiger partial charge in [-0.1, -0.05) is 12.1 Å². The first-order valence-corrected chi connectivity index (χ1v) is 6.70. The lowest BCUT2D eigenvalue weighted by atomic mass is 10.1. The van der Waals surface area contributed by atoms with Crippen LogP contribution >= 0.6 is 0 Å². The third-order valence-corrected chi connectivity index (χ3v) is 3.00. The zero-order chi connectivity index (χ0) is 14.5. The van der Waals surface area contributed by atoms with Gasteiger partial charge in [0.05, 0.1) is 12.6 Å². The van der Waals surface area contributed by atoms with Crippen molar-refractivity contribution >= 4 is 5.91 Å². The molecule has 2 rings (SSSR count). The number of hydrogen-bond acceptors (Lipinski definition) is 3. The Labute approximate surface area is 118 Å². The molecule has 0 saturated heterocycles. The van der Waals surface area contributed by atoms with Crippen molar-refractivity contribution in [2.75, 3.05) is 6.61 Å². The van der Waals surface area contributed by atoms with E-state index in [1.165, 1.54) is 0 Å². The van der Waals surface area contributed by atoms with E-state index in [2.05, 4.69) is 5.32 Å². The molecule has 0 aliphatic carbocycles. The van der Waals surface area contributed by atoms with E-state index >= 15 is 0 Å². The molecule has 1 aromatic heterocycles. The van der Waals surface area contributed by atoms with Crippen LogP contribution in [0.4, 0.5) is 0 Å². The van der Waals surface area contributed by atoms with Gasteiger partial charge in [0.2, 0.25) is 0 Å². The summed E-state index contributed by atoms with van der Waals surface area (Å²) in [4.78, 5) is 12.0. The second-order valence-electron chi connectivity index (χ2n) is 4.61. The number of nitrogens with one attached hydrogen (secondary N) is 1. The number of hydrogen-bond donors (Lipinski definition) is 1. The fraction of sp³-hybridized carbons (Fsp3) is 0.312. The molecule has 0 fully saturated rings. The zero-order valence-electron chi connectivity index (χ0n) is 12.0. The minimum Gasteiger partial charge on any atom is -0.494 e. The lowest BCUT2D eigenvalue weighted by Crippen LogP contribution is -2.26. The van der Waals surface area contributed by atoms with E-state index in [9.17, 15) is 4.79 Å². The monoisotopic (exact) mass is 273 g/mol. The maximum Gasteiger partial charge on any atom is 0.287 e. The van der Waals surface area contributed by atoms with Crippen molar-refractivity contribution < 1.29 is 13.9 Å². The van der Waals surface area contributed by atoms with Crippen molar-refractivity contribution in [3.63, 3.8) is 0 Å². The molecule has 0 aliphatic rings. The van der Waals surface area contributed by atoms with Crippen molar-refractivity contribution in [1.29, 1.82) is 0 Å². The highest BCUT2D eigenvalue weighted by Crippen LogP contribution is 2.18. The summed E-state index contributed by atoms with van der Waals surface area (Å²) in [5.74, 6) is 1.68. The first-order chi connectivity index (χ1) is 9.60. The van der Waals surface area contributed by atoms with E-state index in [0.29, 0.717) is 12.4 Å². The summed E-state index contributed by atoms with van der Waals surface area (Å²) in [5, 5.41) is 2.90. The first-order valence-electron chi connectivity index (χ1n) is 6.70. The molecule has 0 unspecified atom stereocenters. The molecule has 4 nitrogen and oxygen atoms in total. The van der Waals surface area contributed by atoms with E-state index in [1.54, 1.807) is 12.1 Å². The van der Waals surface area contributed by atoms with E-state index in [4.69, 9.17) is 9.15 Å². The molecule has 0 bridgehead atoms. The molecule has 4 heteroatoms. The van der Waals surface area contributed by atoms with Gasteiger partial charge >= 0.3 is 0 Å². The van der Waals surface area contributed by atoms with Crippen LogP contribution < -0.4 is 10.1 Å². The molecular weight excluding hydrogens is 254 g/mol. The predicted molar refractivity (Wildman–Crippen MR) is 76.9 cm³/mol. The highest BCUT2D eigenvalue weighted by molar-refractivity contribution is 5.91. The largest absolute Gasteiger partial charge is 0.494 e. The molecule has 0 spiro atoms. The third-order valence-electron chi connectivity index (χ3n) is 3.00. The number of ether oxygens (including phenoxy) is 1. The average Bonchev–Trinajstić information content (AvgIpc) is 2.86. The van der Waals surface area contributed by atoms with Crippen molar-refractivity contribution in [2.24, 2.45) is 0 Å². The van der Waals surface area contributed by atoms with Gasteiger partial charge in [0, 0.05) is 0 Å². The van der Waals surface area contributed by atoms with Gasteiger partial charge in [-0.3, -0.25) is 4.79 Å². The van der Waals surface area contributed by atoms with Crippen molar-refractivity contribution in [3.05, 3.63) is 53.5 Å². The van der Waals surface area contributed by atoms with Gasteiger partial charge in [-0.15, -0.1) is 0 Å². The third kappa shape index (κ3) is 3.41. The smallest absolute Gasteiger partial charge is 0.287 e. The summed E-state index contributed by atoms with van der Waals surface area (Å²) in [7, 11) is 0. The van der Waals surface area contributed by atoms with Gasteiger partial charge in [0.25, 0.3) is 5.91 Å². The Bertz CT molecular complexity index is 572. The fourth-order valence-corrected chi connectivity index (χ4v) is 1.93. The van der Waals surface area contributed by atoms with Crippen LogP contribution in [-0.2, 0) is 0 Å². The predicted octanol–water partition coefficient (Wildman–Crippen LogP) is 3.48. The highest BCUT2D eigenvalue weighted by atomic mass is 16.5. The van der Waals surface area contributed by atoms with Crippen LogP contribution in [0.5, 0.6) is 5.75 Å². The number of amides is 1. The van der Waals surface area contributed by atoms with Crippen LogP contribution in [0.25, 0.3) is 0 Å². The summed E-state index contributed by atoms with van der Waals surface area (Å²) in [6.45, 7) is 6.33. The average molecular weight is 273 g/mol. The van der Waals surface area contributed by atoms with Crippen LogP contribution in [-0.4, -0.2) is 12.5 Å². The van der Waals surface area contributed by atoms with Crippen molar-refractivity contribution in [2.45, 2.75) is 26.8 Å². The molecule has 0 radical (unpaired) electrons. The topological polar surface area (TPSA) is 51.5 Å². The quantitative estimate of drug-likeness (QED) is 0.907. The number of aryl methyl sites for hydroxylation is 1. The van der Waals surface area contributed by atoms with E-state index < -0.39 is 0 Å². The number of benzene rings is 1. The Morgan fingerprint density at radius 3 is 2.50 bits per heavy atom. The van der Waals surface area contributed by atoms with Gasteiger partial charge < -0.3 is 14.5 Å². The van der Waals surface area contributed by atoms with Crippen molar-refractivity contribution in [3.8, 4) is 5.75 Å². The summed E-state index contributed by atoms with van der Waals surface area (Å²) >= 11 is 0. The van der Waals surface area contributed by atoms with Gasteiger partial charge in [-0.2, -0.15) is 0 Å². The minimum absolute atomic E-state index is 0.0939. The highest BCUT2D eigenvalue weighted by Gasteiger charge is 2.14. The second kappa shape index (κ2) is 6.28. The molecule has 1 atom stereocenters. The van der Waals surface area contributed by atoms with E-state index in [-0.39, 0.29) is 11.9 Å². The molecule has 106 valence electrons. The number of rotatable bonds is 5. The van der Waals surface area contributed by atoms with Crippen LogP contribution in [0.2, 0.25) is 0 Å². The Morgan fingerprint density at radius 1 is 1.25 bits per heavy atom. The lowest BCUT2D eigenvalue weighted by Gasteiger charge is -2.14.